The average Bonchev–Trinajstić information content (AvgIpc) is 3.25. The highest BCUT2D eigenvalue weighted by Crippen LogP contribution is 2.29. The van der Waals surface area contributed by atoms with Gasteiger partial charge in [0.25, 0.3) is 0 Å². The van der Waals surface area contributed by atoms with Gasteiger partial charge in [-0.15, -0.1) is 11.3 Å². The van der Waals surface area contributed by atoms with E-state index >= 15 is 0 Å². The molecule has 3 aromatic heterocycles. The van der Waals surface area contributed by atoms with Crippen LogP contribution >= 0.6 is 11.3 Å². The zero-order valence-electron chi connectivity index (χ0n) is 14.4. The lowest BCUT2D eigenvalue weighted by Crippen LogP contribution is -2.18. The molecule has 128 valence electrons. The van der Waals surface area contributed by atoms with Crippen LogP contribution in [0.2, 0.25) is 0 Å². The van der Waals surface area contributed by atoms with Crippen molar-refractivity contribution in [1.29, 1.82) is 0 Å². The molecule has 1 saturated heterocycles. The molecule has 3 aromatic rings. The van der Waals surface area contributed by atoms with Gasteiger partial charge in [-0.05, 0) is 44.9 Å². The molecule has 4 rings (SSSR count). The fourth-order valence-corrected chi connectivity index (χ4v) is 3.93. The fourth-order valence-electron chi connectivity index (χ4n) is 3.04. The molecule has 4 heterocycles. The van der Waals surface area contributed by atoms with E-state index in [0.717, 1.165) is 45.9 Å². The third-order valence-electron chi connectivity index (χ3n) is 4.23. The highest BCUT2D eigenvalue weighted by Gasteiger charge is 2.13. The van der Waals surface area contributed by atoms with Gasteiger partial charge in [-0.25, -0.2) is 19.9 Å². The minimum atomic E-state index is 0.568. The van der Waals surface area contributed by atoms with Crippen molar-refractivity contribution >= 4 is 28.8 Å². The standard InChI is InChI=1S/C18H20N6S/c1-12-17(25-13(2)21-12)15-7-8-19-18(23-15)22-14-5-6-16(20-11-14)24-9-3-4-10-24/h5-8,11H,3-4,9-10H2,1-2H3,(H,19,22,23). The summed E-state index contributed by atoms with van der Waals surface area (Å²) in [6.45, 7) is 6.21. The Labute approximate surface area is 151 Å². The van der Waals surface area contributed by atoms with Crippen LogP contribution in [-0.2, 0) is 0 Å². The van der Waals surface area contributed by atoms with Gasteiger partial charge in [0, 0.05) is 19.3 Å². The Balaban J connectivity index is 1.53. The van der Waals surface area contributed by atoms with Crippen LogP contribution < -0.4 is 10.2 Å². The molecule has 0 spiro atoms. The monoisotopic (exact) mass is 352 g/mol. The Morgan fingerprint density at radius 2 is 1.88 bits per heavy atom. The van der Waals surface area contributed by atoms with Gasteiger partial charge in [0.15, 0.2) is 0 Å². The summed E-state index contributed by atoms with van der Waals surface area (Å²) in [5, 5.41) is 4.28. The van der Waals surface area contributed by atoms with Crippen molar-refractivity contribution in [2.75, 3.05) is 23.3 Å². The first-order chi connectivity index (χ1) is 12.2. The van der Waals surface area contributed by atoms with Gasteiger partial charge in [-0.3, -0.25) is 0 Å². The van der Waals surface area contributed by atoms with Crippen molar-refractivity contribution in [2.45, 2.75) is 26.7 Å². The van der Waals surface area contributed by atoms with Gasteiger partial charge in [-0.2, -0.15) is 0 Å². The summed E-state index contributed by atoms with van der Waals surface area (Å²) in [4.78, 5) is 21.4. The molecule has 0 saturated carbocycles. The predicted octanol–water partition coefficient (Wildman–Crippen LogP) is 3.96. The van der Waals surface area contributed by atoms with Crippen LogP contribution in [0.4, 0.5) is 17.5 Å². The maximum absolute atomic E-state index is 4.62. The topological polar surface area (TPSA) is 66.8 Å². The Hall–Kier alpha value is -2.54. The Kier molecular flexibility index (Phi) is 4.31. The maximum Gasteiger partial charge on any atom is 0.227 e. The van der Waals surface area contributed by atoms with Crippen LogP contribution in [0.3, 0.4) is 0 Å². The lowest BCUT2D eigenvalue weighted by Gasteiger charge is -2.16. The first-order valence-electron chi connectivity index (χ1n) is 8.44. The van der Waals surface area contributed by atoms with Crippen molar-refractivity contribution in [3.05, 3.63) is 41.3 Å². The predicted molar refractivity (Wildman–Crippen MR) is 102 cm³/mol. The second-order valence-electron chi connectivity index (χ2n) is 6.14. The molecule has 0 unspecified atom stereocenters. The number of hydrogen-bond acceptors (Lipinski definition) is 7. The van der Waals surface area contributed by atoms with Gasteiger partial charge in [-0.1, -0.05) is 0 Å². The van der Waals surface area contributed by atoms with Crippen molar-refractivity contribution in [3.8, 4) is 10.6 Å². The summed E-state index contributed by atoms with van der Waals surface area (Å²) in [5.41, 5.74) is 2.78. The molecule has 0 amide bonds. The van der Waals surface area contributed by atoms with E-state index in [1.54, 1.807) is 17.5 Å². The lowest BCUT2D eigenvalue weighted by atomic mass is 10.3. The number of aryl methyl sites for hydroxylation is 2. The third-order valence-corrected chi connectivity index (χ3v) is 5.32. The third kappa shape index (κ3) is 3.46. The molecule has 0 atom stereocenters. The maximum atomic E-state index is 4.62. The van der Waals surface area contributed by atoms with Crippen LogP contribution in [-0.4, -0.2) is 33.0 Å². The lowest BCUT2D eigenvalue weighted by molar-refractivity contribution is 0.938. The molecule has 1 fully saturated rings. The van der Waals surface area contributed by atoms with Crippen molar-refractivity contribution < 1.29 is 0 Å². The molecule has 1 aliphatic rings. The van der Waals surface area contributed by atoms with Crippen LogP contribution in [0, 0.1) is 13.8 Å². The Morgan fingerprint density at radius 1 is 1.04 bits per heavy atom. The smallest absolute Gasteiger partial charge is 0.227 e. The number of thiazole rings is 1. The molecule has 0 radical (unpaired) electrons. The quantitative estimate of drug-likeness (QED) is 0.767. The van der Waals surface area contributed by atoms with E-state index in [2.05, 4.69) is 30.2 Å². The summed E-state index contributed by atoms with van der Waals surface area (Å²) in [6.07, 6.45) is 6.11. The molecule has 7 heteroatoms. The summed E-state index contributed by atoms with van der Waals surface area (Å²) in [5.74, 6) is 1.60. The first kappa shape index (κ1) is 16.0. The van der Waals surface area contributed by atoms with Gasteiger partial charge < -0.3 is 10.2 Å². The van der Waals surface area contributed by atoms with Gasteiger partial charge in [0.2, 0.25) is 5.95 Å². The van der Waals surface area contributed by atoms with Crippen LogP contribution in [0.15, 0.2) is 30.6 Å². The fraction of sp³-hybridized carbons (Fsp3) is 0.333. The normalized spacial score (nSPS) is 14.1. The van der Waals surface area contributed by atoms with E-state index < -0.39 is 0 Å². The first-order valence-corrected chi connectivity index (χ1v) is 9.26. The minimum Gasteiger partial charge on any atom is -0.357 e. The summed E-state index contributed by atoms with van der Waals surface area (Å²) in [6, 6.07) is 5.99. The highest BCUT2D eigenvalue weighted by atomic mass is 32.1. The van der Waals surface area contributed by atoms with Crippen LogP contribution in [0.25, 0.3) is 10.6 Å². The second kappa shape index (κ2) is 6.76. The SMILES string of the molecule is Cc1nc(C)c(-c2ccnc(Nc3ccc(N4CCCC4)nc3)n2)s1. The zero-order valence-corrected chi connectivity index (χ0v) is 15.2. The number of nitrogens with zero attached hydrogens (tertiary/aromatic N) is 5. The zero-order chi connectivity index (χ0) is 17.2. The number of anilines is 3. The van der Waals surface area contributed by atoms with Crippen molar-refractivity contribution in [2.24, 2.45) is 0 Å². The molecule has 25 heavy (non-hydrogen) atoms. The minimum absolute atomic E-state index is 0.568. The van der Waals surface area contributed by atoms with Crippen molar-refractivity contribution in [3.63, 3.8) is 0 Å². The summed E-state index contributed by atoms with van der Waals surface area (Å²) < 4.78 is 0. The van der Waals surface area contributed by atoms with Crippen LogP contribution in [0.1, 0.15) is 23.5 Å². The molecule has 0 aromatic carbocycles. The van der Waals surface area contributed by atoms with Gasteiger partial charge in [0.1, 0.15) is 5.82 Å². The van der Waals surface area contributed by atoms with E-state index in [1.807, 2.05) is 38.2 Å². The number of rotatable bonds is 4. The van der Waals surface area contributed by atoms with E-state index in [0.29, 0.717) is 5.95 Å². The number of hydrogen-bond donors (Lipinski definition) is 1. The Morgan fingerprint density at radius 3 is 2.56 bits per heavy atom. The molecule has 6 nitrogen and oxygen atoms in total. The highest BCUT2D eigenvalue weighted by molar-refractivity contribution is 7.15. The molecular weight excluding hydrogens is 332 g/mol. The van der Waals surface area contributed by atoms with Gasteiger partial charge >= 0.3 is 0 Å². The second-order valence-corrected chi connectivity index (χ2v) is 7.34. The summed E-state index contributed by atoms with van der Waals surface area (Å²) >= 11 is 1.65. The van der Waals surface area contributed by atoms with E-state index in [-0.39, 0.29) is 0 Å². The van der Waals surface area contributed by atoms with E-state index in [1.165, 1.54) is 12.8 Å². The molecule has 1 N–H and O–H groups in total. The summed E-state index contributed by atoms with van der Waals surface area (Å²) in [7, 11) is 0. The number of aromatic nitrogens is 4. The molecular formula is C18H20N6S. The van der Waals surface area contributed by atoms with E-state index in [4.69, 9.17) is 0 Å². The Bertz CT molecular complexity index is 868. The van der Waals surface area contributed by atoms with Crippen LogP contribution in [0.5, 0.6) is 0 Å². The van der Waals surface area contributed by atoms with E-state index in [9.17, 15) is 0 Å². The largest absolute Gasteiger partial charge is 0.357 e. The molecule has 0 aliphatic carbocycles. The molecule has 0 bridgehead atoms. The number of pyridine rings is 1. The van der Waals surface area contributed by atoms with Gasteiger partial charge in [0.05, 0.1) is 33.2 Å². The average molecular weight is 352 g/mol. The number of nitrogens with one attached hydrogen (secondary N) is 1. The van der Waals surface area contributed by atoms with Crippen molar-refractivity contribution in [1.82, 2.24) is 19.9 Å². The molecule has 1 aliphatic heterocycles.